The number of methoxy groups -OCH3 is 1. The molecule has 0 atom stereocenters. The van der Waals surface area contributed by atoms with Gasteiger partial charge in [-0.3, -0.25) is 0 Å². The average molecular weight is 286 g/mol. The van der Waals surface area contributed by atoms with Crippen LogP contribution in [0, 0.1) is 0 Å². The second-order valence-electron chi connectivity index (χ2n) is 3.13. The van der Waals surface area contributed by atoms with Crippen LogP contribution in [0.25, 0.3) is 0 Å². The Balaban J connectivity index is 2.64. The van der Waals surface area contributed by atoms with E-state index in [-0.39, 0.29) is 5.71 Å². The first-order chi connectivity index (χ1) is 7.69. The Hall–Kier alpha value is -1.36. The molecule has 1 aromatic carbocycles. The summed E-state index contributed by atoms with van der Waals surface area (Å²) in [6.07, 6.45) is 0.946. The molecule has 1 rings (SSSR count). The van der Waals surface area contributed by atoms with Gasteiger partial charge in [-0.05, 0) is 18.1 Å². The van der Waals surface area contributed by atoms with E-state index in [1.165, 1.54) is 7.11 Å². The Morgan fingerprint density at radius 3 is 2.75 bits per heavy atom. The first kappa shape index (κ1) is 12.7. The highest BCUT2D eigenvalue weighted by atomic mass is 79.9. The summed E-state index contributed by atoms with van der Waals surface area (Å²) in [7, 11) is 1.26. The Morgan fingerprint density at radius 2 is 2.19 bits per heavy atom. The van der Waals surface area contributed by atoms with Gasteiger partial charge < -0.3 is 9.94 Å². The van der Waals surface area contributed by atoms with Crippen LogP contribution in [-0.4, -0.2) is 24.0 Å². The molecule has 0 radical (unpaired) electrons. The summed E-state index contributed by atoms with van der Waals surface area (Å²) in [6.45, 7) is 0. The number of oxime groups is 1. The average Bonchev–Trinajstić information content (AvgIpc) is 2.31. The van der Waals surface area contributed by atoms with E-state index >= 15 is 0 Å². The fourth-order valence-corrected chi connectivity index (χ4v) is 1.75. The predicted molar refractivity (Wildman–Crippen MR) is 63.7 cm³/mol. The molecule has 0 aliphatic carbocycles. The molecular formula is C11H12BrNO3. The molecule has 86 valence electrons. The van der Waals surface area contributed by atoms with Crippen molar-refractivity contribution in [2.24, 2.45) is 5.16 Å². The van der Waals surface area contributed by atoms with Crippen molar-refractivity contribution in [2.75, 3.05) is 7.11 Å². The molecule has 0 amide bonds. The number of carbonyl (C=O) groups excluding carboxylic acids is 1. The second kappa shape index (κ2) is 6.27. The number of hydrogen-bond acceptors (Lipinski definition) is 4. The summed E-state index contributed by atoms with van der Waals surface area (Å²) in [5, 5.41) is 11.6. The lowest BCUT2D eigenvalue weighted by Crippen LogP contribution is -2.16. The van der Waals surface area contributed by atoms with Gasteiger partial charge in [0.25, 0.3) is 0 Å². The number of hydrogen-bond donors (Lipinski definition) is 1. The van der Waals surface area contributed by atoms with E-state index in [1.54, 1.807) is 0 Å². The van der Waals surface area contributed by atoms with Gasteiger partial charge in [0.1, 0.15) is 0 Å². The van der Waals surface area contributed by atoms with Gasteiger partial charge in [-0.25, -0.2) is 4.79 Å². The molecule has 0 aliphatic rings. The van der Waals surface area contributed by atoms with Crippen LogP contribution in [0.2, 0.25) is 0 Å². The van der Waals surface area contributed by atoms with E-state index < -0.39 is 5.97 Å². The van der Waals surface area contributed by atoms with Gasteiger partial charge in [-0.15, -0.1) is 0 Å². The summed E-state index contributed by atoms with van der Waals surface area (Å²) in [5.74, 6) is -0.602. The summed E-state index contributed by atoms with van der Waals surface area (Å²) < 4.78 is 5.45. The van der Waals surface area contributed by atoms with E-state index in [0.717, 1.165) is 10.0 Å². The normalized spacial score (nSPS) is 11.2. The molecule has 0 saturated heterocycles. The van der Waals surface area contributed by atoms with Crippen LogP contribution in [0.15, 0.2) is 33.9 Å². The molecule has 0 fully saturated rings. The predicted octanol–water partition coefficient (Wildman–Crippen LogP) is 2.38. The maximum atomic E-state index is 11.1. The van der Waals surface area contributed by atoms with Crippen molar-refractivity contribution in [3.8, 4) is 0 Å². The zero-order chi connectivity index (χ0) is 12.0. The molecule has 0 heterocycles. The van der Waals surface area contributed by atoms with Crippen LogP contribution in [0.1, 0.15) is 12.0 Å². The van der Waals surface area contributed by atoms with E-state index in [1.807, 2.05) is 24.3 Å². The van der Waals surface area contributed by atoms with Crippen molar-refractivity contribution < 1.29 is 14.7 Å². The summed E-state index contributed by atoms with van der Waals surface area (Å²) in [6, 6.07) is 7.68. The Labute approximate surface area is 102 Å². The minimum Gasteiger partial charge on any atom is -0.464 e. The van der Waals surface area contributed by atoms with Crippen molar-refractivity contribution in [3.63, 3.8) is 0 Å². The molecule has 0 bridgehead atoms. The summed E-state index contributed by atoms with van der Waals surface area (Å²) in [4.78, 5) is 11.1. The number of aryl methyl sites for hydroxylation is 1. The smallest absolute Gasteiger partial charge is 0.355 e. The lowest BCUT2D eigenvalue weighted by molar-refractivity contribution is -0.133. The van der Waals surface area contributed by atoms with Gasteiger partial charge in [-0.1, -0.05) is 39.3 Å². The number of benzene rings is 1. The third-order valence-electron chi connectivity index (χ3n) is 2.13. The maximum absolute atomic E-state index is 11.1. The second-order valence-corrected chi connectivity index (χ2v) is 3.98. The molecular weight excluding hydrogens is 274 g/mol. The summed E-state index contributed by atoms with van der Waals surface area (Å²) in [5.41, 5.74) is 1.07. The van der Waals surface area contributed by atoms with Crippen LogP contribution in [-0.2, 0) is 16.0 Å². The number of esters is 1. The minimum atomic E-state index is -0.602. The van der Waals surface area contributed by atoms with Gasteiger partial charge in [0.05, 0.1) is 7.11 Å². The van der Waals surface area contributed by atoms with Crippen LogP contribution in [0.4, 0.5) is 0 Å². The maximum Gasteiger partial charge on any atom is 0.355 e. The number of rotatable bonds is 4. The zero-order valence-corrected chi connectivity index (χ0v) is 10.4. The molecule has 0 saturated carbocycles. The highest BCUT2D eigenvalue weighted by Gasteiger charge is 2.12. The first-order valence-corrected chi connectivity index (χ1v) is 5.51. The molecule has 0 aromatic heterocycles. The summed E-state index contributed by atoms with van der Waals surface area (Å²) >= 11 is 3.40. The quantitative estimate of drug-likeness (QED) is 0.400. The fraction of sp³-hybridized carbons (Fsp3) is 0.273. The number of carbonyl (C=O) groups is 1. The zero-order valence-electron chi connectivity index (χ0n) is 8.81. The topological polar surface area (TPSA) is 58.9 Å². The molecule has 0 unspecified atom stereocenters. The van der Waals surface area contributed by atoms with E-state index in [2.05, 4.69) is 25.8 Å². The number of nitrogens with zero attached hydrogens (tertiary/aromatic N) is 1. The highest BCUT2D eigenvalue weighted by molar-refractivity contribution is 9.10. The Morgan fingerprint density at radius 1 is 1.50 bits per heavy atom. The van der Waals surface area contributed by atoms with Gasteiger partial charge in [-0.2, -0.15) is 0 Å². The monoisotopic (exact) mass is 285 g/mol. The van der Waals surface area contributed by atoms with Crippen LogP contribution in [0.5, 0.6) is 0 Å². The number of halogens is 1. The van der Waals surface area contributed by atoms with E-state index in [4.69, 9.17) is 5.21 Å². The SMILES string of the molecule is COC(=O)/C(CCc1ccccc1Br)=N/O. The van der Waals surface area contributed by atoms with Gasteiger partial charge in [0.15, 0.2) is 5.71 Å². The third kappa shape index (κ3) is 3.34. The Bertz CT molecular complexity index is 404. The van der Waals surface area contributed by atoms with E-state index in [0.29, 0.717) is 12.8 Å². The van der Waals surface area contributed by atoms with Crippen molar-refractivity contribution in [1.82, 2.24) is 0 Å². The van der Waals surface area contributed by atoms with Crippen LogP contribution < -0.4 is 0 Å². The lowest BCUT2D eigenvalue weighted by Gasteiger charge is -2.04. The van der Waals surface area contributed by atoms with Crippen molar-refractivity contribution in [2.45, 2.75) is 12.8 Å². The molecule has 16 heavy (non-hydrogen) atoms. The molecule has 0 spiro atoms. The lowest BCUT2D eigenvalue weighted by atomic mass is 10.1. The Kier molecular flexibility index (Phi) is 4.98. The largest absolute Gasteiger partial charge is 0.464 e. The molecule has 4 nitrogen and oxygen atoms in total. The van der Waals surface area contributed by atoms with Crippen LogP contribution >= 0.6 is 15.9 Å². The first-order valence-electron chi connectivity index (χ1n) is 4.71. The molecule has 5 heteroatoms. The van der Waals surface area contributed by atoms with Gasteiger partial charge in [0.2, 0.25) is 0 Å². The highest BCUT2D eigenvalue weighted by Crippen LogP contribution is 2.17. The van der Waals surface area contributed by atoms with Crippen molar-refractivity contribution >= 4 is 27.6 Å². The third-order valence-corrected chi connectivity index (χ3v) is 2.90. The van der Waals surface area contributed by atoms with Crippen molar-refractivity contribution in [3.05, 3.63) is 34.3 Å². The van der Waals surface area contributed by atoms with E-state index in [9.17, 15) is 4.79 Å². The van der Waals surface area contributed by atoms with Crippen molar-refractivity contribution in [1.29, 1.82) is 0 Å². The standard InChI is InChI=1S/C11H12BrNO3/c1-16-11(14)10(13-15)7-6-8-4-2-3-5-9(8)12/h2-5,15H,6-7H2,1H3/b13-10+. The number of ether oxygens (including phenoxy) is 1. The minimum absolute atomic E-state index is 0.0262. The van der Waals surface area contributed by atoms with Crippen LogP contribution in [0.3, 0.4) is 0 Å². The van der Waals surface area contributed by atoms with Gasteiger partial charge >= 0.3 is 5.97 Å². The van der Waals surface area contributed by atoms with Gasteiger partial charge in [0, 0.05) is 10.9 Å². The molecule has 1 aromatic rings. The fourth-order valence-electron chi connectivity index (χ4n) is 1.26. The molecule has 1 N–H and O–H groups in total. The molecule has 0 aliphatic heterocycles.